The first kappa shape index (κ1) is 16.3. The molecule has 3 atom stereocenters. The predicted octanol–water partition coefficient (Wildman–Crippen LogP) is 1.29. The molecule has 0 spiro atoms. The summed E-state index contributed by atoms with van der Waals surface area (Å²) < 4.78 is 0. The van der Waals surface area contributed by atoms with Gasteiger partial charge in [0.15, 0.2) is 0 Å². The highest BCUT2D eigenvalue weighted by Crippen LogP contribution is 2.07. The van der Waals surface area contributed by atoms with Crippen molar-refractivity contribution < 1.29 is 4.79 Å². The fourth-order valence-corrected chi connectivity index (χ4v) is 1.71. The molecule has 0 fully saturated rings. The van der Waals surface area contributed by atoms with Gasteiger partial charge in [0.2, 0.25) is 5.91 Å². The second-order valence-corrected chi connectivity index (χ2v) is 5.20. The van der Waals surface area contributed by atoms with Crippen molar-refractivity contribution in [2.24, 2.45) is 5.73 Å². The minimum absolute atomic E-state index is 0.0524. The highest BCUT2D eigenvalue weighted by molar-refractivity contribution is 7.80. The van der Waals surface area contributed by atoms with E-state index in [1.165, 1.54) is 0 Å². The number of nitrogens with zero attached hydrogens (tertiary/aromatic N) is 1. The number of carbonyl (C=O) groups excluding carboxylic acids is 1. The third kappa shape index (κ3) is 5.98. The van der Waals surface area contributed by atoms with Crippen LogP contribution in [-0.4, -0.2) is 41.0 Å². The topological polar surface area (TPSA) is 58.4 Å². The molecule has 17 heavy (non-hydrogen) atoms. The molecule has 3 unspecified atom stereocenters. The lowest BCUT2D eigenvalue weighted by molar-refractivity contribution is -0.126. The van der Waals surface area contributed by atoms with Crippen LogP contribution in [-0.2, 0) is 4.79 Å². The van der Waals surface area contributed by atoms with Gasteiger partial charge in [-0.1, -0.05) is 19.1 Å². The van der Waals surface area contributed by atoms with Crippen LogP contribution in [0.1, 0.15) is 40.5 Å². The number of nitrogens with two attached hydrogens (primary N) is 1. The van der Waals surface area contributed by atoms with Crippen LogP contribution in [0.5, 0.6) is 0 Å². The molecule has 3 N–H and O–H groups in total. The lowest BCUT2D eigenvalue weighted by Crippen LogP contribution is -2.49. The van der Waals surface area contributed by atoms with Gasteiger partial charge in [0.05, 0.1) is 11.0 Å². The van der Waals surface area contributed by atoms with E-state index in [1.807, 2.05) is 32.7 Å². The maximum absolute atomic E-state index is 11.9. The molecule has 0 aliphatic carbocycles. The Labute approximate surface area is 110 Å². The summed E-state index contributed by atoms with van der Waals surface area (Å²) in [6.45, 7) is 7.97. The smallest absolute Gasteiger partial charge is 0.237 e. The van der Waals surface area contributed by atoms with Crippen molar-refractivity contribution in [1.82, 2.24) is 10.2 Å². The summed E-state index contributed by atoms with van der Waals surface area (Å²) in [5.41, 5.74) is 5.51. The molecule has 5 heteroatoms. The quantitative estimate of drug-likeness (QED) is 0.676. The largest absolute Gasteiger partial charge is 0.393 e. The van der Waals surface area contributed by atoms with Crippen LogP contribution in [0.4, 0.5) is 0 Å². The van der Waals surface area contributed by atoms with Crippen molar-refractivity contribution in [3.8, 4) is 0 Å². The highest BCUT2D eigenvalue weighted by atomic mass is 32.1. The van der Waals surface area contributed by atoms with Gasteiger partial charge in [-0.25, -0.2) is 0 Å². The summed E-state index contributed by atoms with van der Waals surface area (Å²) >= 11 is 4.88. The molecule has 0 aliphatic rings. The molecule has 0 aromatic carbocycles. The molecular formula is C12H25N3OS. The van der Waals surface area contributed by atoms with Gasteiger partial charge in [0, 0.05) is 18.5 Å². The second-order valence-electron chi connectivity index (χ2n) is 4.68. The van der Waals surface area contributed by atoms with E-state index in [0.717, 1.165) is 6.42 Å². The summed E-state index contributed by atoms with van der Waals surface area (Å²) in [6.07, 6.45) is 1.57. The normalized spacial score (nSPS) is 16.4. The molecule has 0 aromatic heterocycles. The predicted molar refractivity (Wildman–Crippen MR) is 76.0 cm³/mol. The lowest BCUT2D eigenvalue weighted by atomic mass is 10.1. The van der Waals surface area contributed by atoms with E-state index in [0.29, 0.717) is 11.4 Å². The Morgan fingerprint density at radius 2 is 1.94 bits per heavy atom. The van der Waals surface area contributed by atoms with Crippen LogP contribution in [0.2, 0.25) is 0 Å². The van der Waals surface area contributed by atoms with Crippen molar-refractivity contribution in [1.29, 1.82) is 0 Å². The maximum atomic E-state index is 11.9. The molecule has 0 heterocycles. The van der Waals surface area contributed by atoms with Crippen LogP contribution in [0, 0.1) is 0 Å². The van der Waals surface area contributed by atoms with Gasteiger partial charge in [0.1, 0.15) is 0 Å². The fourth-order valence-electron chi connectivity index (χ4n) is 1.47. The molecular weight excluding hydrogens is 234 g/mol. The van der Waals surface area contributed by atoms with E-state index in [1.54, 1.807) is 0 Å². The van der Waals surface area contributed by atoms with E-state index in [-0.39, 0.29) is 24.0 Å². The third-order valence-electron chi connectivity index (χ3n) is 3.18. The average Bonchev–Trinajstić information content (AvgIpc) is 2.25. The minimum Gasteiger partial charge on any atom is -0.393 e. The molecule has 4 nitrogen and oxygen atoms in total. The van der Waals surface area contributed by atoms with Gasteiger partial charge in [-0.05, 0) is 34.2 Å². The zero-order valence-electron chi connectivity index (χ0n) is 11.5. The third-order valence-corrected chi connectivity index (χ3v) is 3.35. The molecule has 0 bridgehead atoms. The zero-order chi connectivity index (χ0) is 13.6. The van der Waals surface area contributed by atoms with E-state index in [4.69, 9.17) is 18.0 Å². The Morgan fingerprint density at radius 1 is 1.41 bits per heavy atom. The highest BCUT2D eigenvalue weighted by Gasteiger charge is 2.23. The number of carbonyl (C=O) groups is 1. The Kier molecular flexibility index (Phi) is 7.30. The van der Waals surface area contributed by atoms with E-state index < -0.39 is 0 Å². The standard InChI is InChI=1S/C12H25N3OS/c1-6-8(2)14-12(16)10(4)15(5)9(3)7-11(13)17/h8-10H,6-7H2,1-5H3,(H2,13,17)(H,14,16). The first-order chi connectivity index (χ1) is 7.79. The number of thiocarbonyl (C=S) groups is 1. The molecule has 0 rings (SSSR count). The number of likely N-dealkylation sites (N-methyl/N-ethyl adjacent to an activating group) is 1. The van der Waals surface area contributed by atoms with E-state index in [9.17, 15) is 4.79 Å². The molecule has 1 amide bonds. The first-order valence-corrected chi connectivity index (χ1v) is 6.51. The fraction of sp³-hybridized carbons (Fsp3) is 0.833. The van der Waals surface area contributed by atoms with Crippen molar-refractivity contribution in [3.05, 3.63) is 0 Å². The van der Waals surface area contributed by atoms with Crippen molar-refractivity contribution in [2.45, 2.75) is 58.7 Å². The van der Waals surface area contributed by atoms with Gasteiger partial charge in [-0.3, -0.25) is 9.69 Å². The van der Waals surface area contributed by atoms with Crippen LogP contribution in [0.3, 0.4) is 0 Å². The van der Waals surface area contributed by atoms with Gasteiger partial charge < -0.3 is 11.1 Å². The minimum atomic E-state index is -0.173. The SMILES string of the molecule is CCC(C)NC(=O)C(C)N(C)C(C)CC(N)=S. The van der Waals surface area contributed by atoms with Crippen molar-refractivity contribution in [2.75, 3.05) is 7.05 Å². The number of hydrogen-bond donors (Lipinski definition) is 2. The van der Waals surface area contributed by atoms with Crippen molar-refractivity contribution >= 4 is 23.1 Å². The summed E-state index contributed by atoms with van der Waals surface area (Å²) in [5.74, 6) is 0.0524. The van der Waals surface area contributed by atoms with Crippen LogP contribution < -0.4 is 11.1 Å². The Balaban J connectivity index is 4.32. The second kappa shape index (κ2) is 7.61. The number of amides is 1. The summed E-state index contributed by atoms with van der Waals surface area (Å²) in [5, 5.41) is 2.97. The summed E-state index contributed by atoms with van der Waals surface area (Å²) in [4.78, 5) is 14.4. The van der Waals surface area contributed by atoms with Gasteiger partial charge in [0.25, 0.3) is 0 Å². The van der Waals surface area contributed by atoms with Crippen LogP contribution in [0.25, 0.3) is 0 Å². The first-order valence-electron chi connectivity index (χ1n) is 6.10. The molecule has 0 radical (unpaired) electrons. The molecule has 0 aliphatic heterocycles. The van der Waals surface area contributed by atoms with Gasteiger partial charge in [-0.2, -0.15) is 0 Å². The Hall–Kier alpha value is -0.680. The summed E-state index contributed by atoms with van der Waals surface area (Å²) in [6, 6.07) is 0.211. The zero-order valence-corrected chi connectivity index (χ0v) is 12.3. The van der Waals surface area contributed by atoms with Crippen LogP contribution in [0.15, 0.2) is 0 Å². The molecule has 100 valence electrons. The number of nitrogens with one attached hydrogen (secondary N) is 1. The number of rotatable bonds is 7. The molecule has 0 saturated heterocycles. The molecule has 0 aromatic rings. The van der Waals surface area contributed by atoms with Crippen molar-refractivity contribution in [3.63, 3.8) is 0 Å². The number of hydrogen-bond acceptors (Lipinski definition) is 3. The van der Waals surface area contributed by atoms with Crippen LogP contribution >= 0.6 is 12.2 Å². The molecule has 0 saturated carbocycles. The van der Waals surface area contributed by atoms with Gasteiger partial charge >= 0.3 is 0 Å². The lowest BCUT2D eigenvalue weighted by Gasteiger charge is -2.30. The Morgan fingerprint density at radius 3 is 2.35 bits per heavy atom. The average molecular weight is 259 g/mol. The van der Waals surface area contributed by atoms with Gasteiger partial charge in [-0.15, -0.1) is 0 Å². The Bertz CT molecular complexity index is 270. The summed E-state index contributed by atoms with van der Waals surface area (Å²) in [7, 11) is 1.92. The monoisotopic (exact) mass is 259 g/mol. The van der Waals surface area contributed by atoms with E-state index >= 15 is 0 Å². The van der Waals surface area contributed by atoms with E-state index in [2.05, 4.69) is 12.2 Å². The maximum Gasteiger partial charge on any atom is 0.237 e.